The summed E-state index contributed by atoms with van der Waals surface area (Å²) in [6, 6.07) is 5.72. The number of aromatic nitrogens is 4. The van der Waals surface area contributed by atoms with Gasteiger partial charge >= 0.3 is 6.18 Å². The third-order valence-electron chi connectivity index (χ3n) is 6.72. The zero-order valence-corrected chi connectivity index (χ0v) is 21.4. The summed E-state index contributed by atoms with van der Waals surface area (Å²) >= 11 is 5.99. The minimum absolute atomic E-state index is 0.0531. The van der Waals surface area contributed by atoms with Gasteiger partial charge in [0.05, 0.1) is 22.9 Å². The second kappa shape index (κ2) is 9.89. The summed E-state index contributed by atoms with van der Waals surface area (Å²) in [5, 5.41) is 3.72. The van der Waals surface area contributed by atoms with Crippen molar-refractivity contribution in [1.29, 1.82) is 0 Å². The number of imidazole rings is 1. The lowest BCUT2D eigenvalue weighted by Crippen LogP contribution is -2.40. The Morgan fingerprint density at radius 1 is 1.15 bits per heavy atom. The zero-order chi connectivity index (χ0) is 28.1. The van der Waals surface area contributed by atoms with Gasteiger partial charge in [0.1, 0.15) is 17.5 Å². The molecule has 0 radical (unpaired) electrons. The van der Waals surface area contributed by atoms with E-state index in [9.17, 15) is 26.3 Å². The molecule has 1 unspecified atom stereocenters. The summed E-state index contributed by atoms with van der Waals surface area (Å²) in [6.45, 7) is 4.42. The average Bonchev–Trinajstić information content (AvgIpc) is 3.35. The molecule has 0 saturated carbocycles. The highest BCUT2D eigenvalue weighted by molar-refractivity contribution is 6.29. The molecule has 4 aromatic rings. The first-order valence-corrected chi connectivity index (χ1v) is 12.4. The Morgan fingerprint density at radius 2 is 1.87 bits per heavy atom. The summed E-state index contributed by atoms with van der Waals surface area (Å²) in [4.78, 5) is 14.3. The molecule has 39 heavy (non-hydrogen) atoms. The van der Waals surface area contributed by atoms with E-state index < -0.39 is 43.4 Å². The number of rotatable bonds is 6. The van der Waals surface area contributed by atoms with Crippen LogP contribution < -0.4 is 10.2 Å². The Labute approximate surface area is 224 Å². The van der Waals surface area contributed by atoms with E-state index in [4.69, 9.17) is 11.6 Å². The normalized spacial score (nSPS) is 16.6. The Morgan fingerprint density at radius 3 is 2.51 bits per heavy atom. The lowest BCUT2D eigenvalue weighted by Gasteiger charge is -2.33. The number of nitrogens with one attached hydrogen (secondary N) is 1. The molecule has 1 aromatic carbocycles. The first-order valence-electron chi connectivity index (χ1n) is 12.1. The standard InChI is InChI=1S/C26H23ClF6N6/c1-3-18-19(4-5-21(27)35-18)34-14(2)16-10-15(12-28)11-17-22(16)37-24(38-8-6-25(29,30)7-9-38)39-13-20(26(31,32)33)36-23(17)39/h3-5,10-11,13-14,34H,1,6-9,12H2,2H3. The summed E-state index contributed by atoms with van der Waals surface area (Å²) in [6.07, 6.45) is -3.39. The second-order valence-electron chi connectivity index (χ2n) is 9.42. The highest BCUT2D eigenvalue weighted by Crippen LogP contribution is 2.37. The van der Waals surface area contributed by atoms with Gasteiger partial charge in [-0.3, -0.25) is 4.40 Å². The number of nitrogens with zero attached hydrogens (tertiary/aromatic N) is 5. The van der Waals surface area contributed by atoms with Crippen LogP contribution in [0.15, 0.2) is 37.0 Å². The smallest absolute Gasteiger partial charge is 0.377 e. The molecule has 0 amide bonds. The molecule has 1 N–H and O–H groups in total. The SMILES string of the molecule is C=Cc1nc(Cl)ccc1NC(C)c1cc(CF)cc2c1nc(N1CCC(F)(F)CC1)n1cc(C(F)(F)F)nc21. The third kappa shape index (κ3) is 5.21. The van der Waals surface area contributed by atoms with Crippen molar-refractivity contribution in [2.75, 3.05) is 23.3 Å². The molecule has 1 aliphatic rings. The van der Waals surface area contributed by atoms with Crippen LogP contribution in [0.3, 0.4) is 0 Å². The lowest BCUT2D eigenvalue weighted by molar-refractivity contribution is -0.140. The number of piperidine rings is 1. The molecule has 0 spiro atoms. The predicted octanol–water partition coefficient (Wildman–Crippen LogP) is 7.47. The minimum Gasteiger partial charge on any atom is -0.377 e. The van der Waals surface area contributed by atoms with Crippen LogP contribution in [0.5, 0.6) is 0 Å². The van der Waals surface area contributed by atoms with Gasteiger partial charge < -0.3 is 10.2 Å². The Kier molecular flexibility index (Phi) is 6.86. The fraction of sp³-hybridized carbons (Fsp3) is 0.346. The topological polar surface area (TPSA) is 58.4 Å². The molecular formula is C26H23ClF6N6. The van der Waals surface area contributed by atoms with Crippen LogP contribution in [0.1, 0.15) is 48.3 Å². The average molecular weight is 569 g/mol. The molecule has 0 bridgehead atoms. The van der Waals surface area contributed by atoms with Gasteiger partial charge in [-0.25, -0.2) is 28.1 Å². The van der Waals surface area contributed by atoms with Gasteiger partial charge in [0, 0.05) is 43.1 Å². The maximum atomic E-state index is 14.0. The maximum Gasteiger partial charge on any atom is 0.434 e. The lowest BCUT2D eigenvalue weighted by atomic mass is 10.0. The van der Waals surface area contributed by atoms with Gasteiger partial charge in [-0.15, -0.1) is 0 Å². The van der Waals surface area contributed by atoms with E-state index in [2.05, 4.69) is 26.8 Å². The largest absolute Gasteiger partial charge is 0.434 e. The molecule has 4 heterocycles. The van der Waals surface area contributed by atoms with Crippen LogP contribution in [-0.2, 0) is 12.9 Å². The highest BCUT2D eigenvalue weighted by atomic mass is 35.5. The third-order valence-corrected chi connectivity index (χ3v) is 6.93. The van der Waals surface area contributed by atoms with Crippen molar-refractivity contribution in [3.8, 4) is 0 Å². The number of pyridine rings is 1. The number of alkyl halides is 6. The molecule has 3 aromatic heterocycles. The van der Waals surface area contributed by atoms with Crippen LogP contribution in [0, 0.1) is 0 Å². The van der Waals surface area contributed by atoms with E-state index in [1.54, 1.807) is 25.1 Å². The number of hydrogen-bond donors (Lipinski definition) is 1. The summed E-state index contributed by atoms with van der Waals surface area (Å²) in [5.74, 6) is -2.81. The van der Waals surface area contributed by atoms with E-state index in [1.165, 1.54) is 17.0 Å². The van der Waals surface area contributed by atoms with E-state index in [0.29, 0.717) is 16.9 Å². The van der Waals surface area contributed by atoms with Crippen LogP contribution in [-0.4, -0.2) is 38.4 Å². The van der Waals surface area contributed by atoms with Gasteiger partial charge in [-0.2, -0.15) is 13.2 Å². The summed E-state index contributed by atoms with van der Waals surface area (Å²) < 4.78 is 84.0. The first kappa shape index (κ1) is 27.0. The van der Waals surface area contributed by atoms with E-state index in [-0.39, 0.29) is 46.3 Å². The van der Waals surface area contributed by atoms with E-state index in [1.807, 2.05) is 0 Å². The van der Waals surface area contributed by atoms with Crippen LogP contribution >= 0.6 is 11.6 Å². The second-order valence-corrected chi connectivity index (χ2v) is 9.81. The first-order chi connectivity index (χ1) is 18.4. The van der Waals surface area contributed by atoms with E-state index in [0.717, 1.165) is 10.6 Å². The van der Waals surface area contributed by atoms with Crippen molar-refractivity contribution in [3.05, 3.63) is 64.7 Å². The summed E-state index contributed by atoms with van der Waals surface area (Å²) in [5.41, 5.74) is 0.746. The molecule has 5 rings (SSSR count). The van der Waals surface area contributed by atoms with Crippen molar-refractivity contribution in [1.82, 2.24) is 19.4 Å². The Balaban J connectivity index is 1.71. The monoisotopic (exact) mass is 568 g/mol. The number of halogens is 7. The predicted molar refractivity (Wildman–Crippen MR) is 138 cm³/mol. The number of hydrogen-bond acceptors (Lipinski definition) is 5. The Bertz CT molecular complexity index is 1560. The van der Waals surface area contributed by atoms with Gasteiger partial charge in [-0.1, -0.05) is 18.2 Å². The molecular weight excluding hydrogens is 546 g/mol. The highest BCUT2D eigenvalue weighted by Gasteiger charge is 2.38. The molecule has 1 aliphatic heterocycles. The summed E-state index contributed by atoms with van der Waals surface area (Å²) in [7, 11) is 0. The molecule has 1 atom stereocenters. The van der Waals surface area contributed by atoms with Crippen LogP contribution in [0.2, 0.25) is 5.15 Å². The van der Waals surface area contributed by atoms with Gasteiger partial charge in [0.2, 0.25) is 5.95 Å². The van der Waals surface area contributed by atoms with Crippen molar-refractivity contribution in [3.63, 3.8) is 0 Å². The molecule has 1 saturated heterocycles. The molecule has 0 aliphatic carbocycles. The number of fused-ring (bicyclic) bond motifs is 3. The van der Waals surface area contributed by atoms with Crippen molar-refractivity contribution in [2.45, 2.75) is 44.6 Å². The van der Waals surface area contributed by atoms with Crippen LogP contribution in [0.25, 0.3) is 22.6 Å². The van der Waals surface area contributed by atoms with Gasteiger partial charge in [0.25, 0.3) is 5.92 Å². The molecule has 206 valence electrons. The van der Waals surface area contributed by atoms with Crippen LogP contribution in [0.4, 0.5) is 38.0 Å². The Hall–Kier alpha value is -3.54. The molecule has 1 fully saturated rings. The van der Waals surface area contributed by atoms with Gasteiger partial charge in [-0.05, 0) is 42.8 Å². The quantitative estimate of drug-likeness (QED) is 0.193. The minimum atomic E-state index is -4.76. The number of benzene rings is 1. The van der Waals surface area contributed by atoms with E-state index >= 15 is 0 Å². The molecule has 6 nitrogen and oxygen atoms in total. The molecule has 13 heteroatoms. The van der Waals surface area contributed by atoms with Gasteiger partial charge in [0.15, 0.2) is 5.69 Å². The van der Waals surface area contributed by atoms with Crippen molar-refractivity contribution in [2.24, 2.45) is 0 Å². The van der Waals surface area contributed by atoms with Crippen molar-refractivity contribution >= 4 is 45.9 Å². The maximum absolute atomic E-state index is 14.0. The number of anilines is 2. The zero-order valence-electron chi connectivity index (χ0n) is 20.7. The van der Waals surface area contributed by atoms with Crippen molar-refractivity contribution < 1.29 is 26.3 Å². The fourth-order valence-electron chi connectivity index (χ4n) is 4.73. The fourth-order valence-corrected chi connectivity index (χ4v) is 4.88.